The largest absolute Gasteiger partial charge is 0.450 e. The van der Waals surface area contributed by atoms with Gasteiger partial charge >= 0.3 is 6.03 Å². The van der Waals surface area contributed by atoms with Gasteiger partial charge in [-0.2, -0.15) is 0 Å². The zero-order valence-corrected chi connectivity index (χ0v) is 19.4. The molecule has 174 valence electrons. The number of rotatable bonds is 5. The molecule has 0 radical (unpaired) electrons. The lowest BCUT2D eigenvalue weighted by atomic mass is 9.84. The first-order valence-corrected chi connectivity index (χ1v) is 11.2. The highest BCUT2D eigenvalue weighted by atomic mass is 35.5. The Kier molecular flexibility index (Phi) is 6.91. The van der Waals surface area contributed by atoms with Gasteiger partial charge in [-0.05, 0) is 49.0 Å². The number of benzene rings is 2. The minimum absolute atomic E-state index is 0. The second kappa shape index (κ2) is 9.85. The molecule has 8 heteroatoms. The van der Waals surface area contributed by atoms with Crippen LogP contribution in [0.2, 0.25) is 0 Å². The predicted molar refractivity (Wildman–Crippen MR) is 131 cm³/mol. The summed E-state index contributed by atoms with van der Waals surface area (Å²) < 4.78 is 6.11. The molecular weight excluding hydrogens is 440 g/mol. The van der Waals surface area contributed by atoms with E-state index < -0.39 is 0 Å². The number of amides is 3. The Morgan fingerprint density at radius 2 is 1.82 bits per heavy atom. The monoisotopic (exact) mass is 468 g/mol. The van der Waals surface area contributed by atoms with Gasteiger partial charge in [0.2, 0.25) is 0 Å². The third kappa shape index (κ3) is 4.70. The van der Waals surface area contributed by atoms with E-state index in [0.29, 0.717) is 23.8 Å². The highest BCUT2D eigenvalue weighted by Crippen LogP contribution is 2.33. The van der Waals surface area contributed by atoms with E-state index in [2.05, 4.69) is 20.9 Å². The van der Waals surface area contributed by atoms with Gasteiger partial charge in [0, 0.05) is 37.1 Å². The summed E-state index contributed by atoms with van der Waals surface area (Å²) in [6.07, 6.45) is 2.30. The third-order valence-corrected chi connectivity index (χ3v) is 6.71. The van der Waals surface area contributed by atoms with Gasteiger partial charge in [0.05, 0.1) is 0 Å². The molecule has 3 aliphatic rings. The molecule has 0 saturated carbocycles. The first-order chi connectivity index (χ1) is 15.6. The number of fused-ring (bicyclic) bond motifs is 4. The summed E-state index contributed by atoms with van der Waals surface area (Å²) in [7, 11) is 1.59. The molecule has 3 N–H and O–H groups in total. The highest BCUT2D eigenvalue weighted by Gasteiger charge is 2.35. The van der Waals surface area contributed by atoms with Crippen LogP contribution in [0.5, 0.6) is 0 Å². The van der Waals surface area contributed by atoms with Crippen LogP contribution in [0.25, 0.3) is 22.1 Å². The molecule has 0 unspecified atom stereocenters. The maximum atomic E-state index is 13.0. The Balaban J connectivity index is 0.00000259. The molecule has 3 amide bonds. The van der Waals surface area contributed by atoms with E-state index in [1.165, 1.54) is 0 Å². The number of nitrogens with one attached hydrogen (secondary N) is 3. The molecular formula is C25H29ClN4O3. The standard InChI is InChI=1S/C25H28N4O3.ClH/c1-26-25(31)27-14-18-5-2-3-7-19(18)20-8-4-6-17-13-22(32-23(17)20)24(30)28-21-15-29-11-9-16(21)10-12-29;/h2-8,13,16,21H,9-12,14-15H2,1H3,(H,28,30)(H2,26,27,31);1H/t21-;/m1./s1. The van der Waals surface area contributed by atoms with Crippen molar-refractivity contribution in [1.29, 1.82) is 0 Å². The number of halogens is 1. The normalized spacial score (nSPS) is 21.3. The fourth-order valence-corrected chi connectivity index (χ4v) is 4.96. The van der Waals surface area contributed by atoms with Crippen molar-refractivity contribution < 1.29 is 14.0 Å². The number of nitrogens with zero attached hydrogens (tertiary/aromatic N) is 1. The van der Waals surface area contributed by atoms with E-state index in [1.54, 1.807) is 7.05 Å². The molecule has 6 rings (SSSR count). The molecule has 0 aliphatic carbocycles. The molecule has 3 aromatic rings. The minimum Gasteiger partial charge on any atom is -0.450 e. The maximum Gasteiger partial charge on any atom is 0.314 e. The molecule has 3 aliphatic heterocycles. The number of urea groups is 1. The number of hydrogen-bond donors (Lipinski definition) is 3. The molecule has 7 nitrogen and oxygen atoms in total. The van der Waals surface area contributed by atoms with Gasteiger partial charge in [-0.25, -0.2) is 4.79 Å². The van der Waals surface area contributed by atoms with Gasteiger partial charge in [-0.1, -0.05) is 42.5 Å². The number of furan rings is 1. The highest BCUT2D eigenvalue weighted by molar-refractivity contribution is 6.00. The van der Waals surface area contributed by atoms with E-state index in [1.807, 2.05) is 48.5 Å². The van der Waals surface area contributed by atoms with Gasteiger partial charge in [-0.3, -0.25) is 4.79 Å². The lowest BCUT2D eigenvalue weighted by Crippen LogP contribution is -2.57. The minimum atomic E-state index is -0.234. The fourth-order valence-electron chi connectivity index (χ4n) is 4.96. The SMILES string of the molecule is CNC(=O)NCc1ccccc1-c1cccc2cc(C(=O)N[C@@H]3CN4CCC3CC4)oc12.Cl. The Labute approximate surface area is 199 Å². The quantitative estimate of drug-likeness (QED) is 0.532. The zero-order valence-electron chi connectivity index (χ0n) is 18.6. The molecule has 33 heavy (non-hydrogen) atoms. The summed E-state index contributed by atoms with van der Waals surface area (Å²) in [5.41, 5.74) is 3.52. The van der Waals surface area contributed by atoms with Gasteiger partial charge in [0.15, 0.2) is 5.76 Å². The summed E-state index contributed by atoms with van der Waals surface area (Å²) in [5, 5.41) is 9.50. The Morgan fingerprint density at radius 1 is 1.06 bits per heavy atom. The Hall–Kier alpha value is -3.03. The average Bonchev–Trinajstić information content (AvgIpc) is 3.28. The molecule has 2 bridgehead atoms. The van der Waals surface area contributed by atoms with Crippen LogP contribution in [0.1, 0.15) is 29.0 Å². The number of carbonyl (C=O) groups excluding carboxylic acids is 2. The van der Waals surface area contributed by atoms with Gasteiger partial charge in [0.25, 0.3) is 5.91 Å². The smallest absolute Gasteiger partial charge is 0.314 e. The number of hydrogen-bond acceptors (Lipinski definition) is 4. The summed E-state index contributed by atoms with van der Waals surface area (Å²) in [6, 6.07) is 15.6. The van der Waals surface area contributed by atoms with Crippen molar-refractivity contribution in [2.45, 2.75) is 25.4 Å². The third-order valence-electron chi connectivity index (χ3n) is 6.71. The van der Waals surface area contributed by atoms with E-state index in [0.717, 1.165) is 54.6 Å². The van der Waals surface area contributed by atoms with Crippen LogP contribution in [0, 0.1) is 5.92 Å². The van der Waals surface area contributed by atoms with Crippen LogP contribution in [-0.2, 0) is 6.54 Å². The van der Waals surface area contributed by atoms with Crippen LogP contribution in [0.3, 0.4) is 0 Å². The molecule has 0 spiro atoms. The fraction of sp³-hybridized carbons (Fsp3) is 0.360. The molecule has 3 fully saturated rings. The van der Waals surface area contributed by atoms with Crippen LogP contribution in [-0.4, -0.2) is 49.6 Å². The second-order valence-electron chi connectivity index (χ2n) is 8.64. The van der Waals surface area contributed by atoms with Crippen LogP contribution < -0.4 is 16.0 Å². The van der Waals surface area contributed by atoms with Gasteiger partial charge in [0.1, 0.15) is 5.58 Å². The molecule has 4 heterocycles. The Bertz CT molecular complexity index is 1150. The van der Waals surface area contributed by atoms with E-state index in [9.17, 15) is 9.59 Å². The summed E-state index contributed by atoms with van der Waals surface area (Å²) >= 11 is 0. The summed E-state index contributed by atoms with van der Waals surface area (Å²) in [4.78, 5) is 27.1. The van der Waals surface area contributed by atoms with E-state index >= 15 is 0 Å². The van der Waals surface area contributed by atoms with Crippen molar-refractivity contribution >= 4 is 35.3 Å². The molecule has 1 atom stereocenters. The number of piperidine rings is 3. The number of carbonyl (C=O) groups is 2. The van der Waals surface area contributed by atoms with Crippen molar-refractivity contribution in [2.24, 2.45) is 5.92 Å². The lowest BCUT2D eigenvalue weighted by molar-refractivity contribution is 0.0607. The lowest BCUT2D eigenvalue weighted by Gasteiger charge is -2.44. The molecule has 2 aromatic carbocycles. The maximum absolute atomic E-state index is 13.0. The van der Waals surface area contributed by atoms with Gasteiger partial charge in [-0.15, -0.1) is 12.4 Å². The van der Waals surface area contributed by atoms with Crippen molar-refractivity contribution in [3.63, 3.8) is 0 Å². The zero-order chi connectivity index (χ0) is 22.1. The van der Waals surface area contributed by atoms with Crippen molar-refractivity contribution in [3.8, 4) is 11.1 Å². The van der Waals surface area contributed by atoms with Crippen LogP contribution in [0.15, 0.2) is 52.9 Å². The van der Waals surface area contributed by atoms with Gasteiger partial charge < -0.3 is 25.3 Å². The topological polar surface area (TPSA) is 86.6 Å². The predicted octanol–water partition coefficient (Wildman–Crippen LogP) is 3.77. The van der Waals surface area contributed by atoms with Crippen LogP contribution in [0.4, 0.5) is 4.79 Å². The van der Waals surface area contributed by atoms with E-state index in [4.69, 9.17) is 4.42 Å². The first-order valence-electron chi connectivity index (χ1n) is 11.2. The second-order valence-corrected chi connectivity index (χ2v) is 8.64. The summed E-state index contributed by atoms with van der Waals surface area (Å²) in [6.45, 7) is 3.59. The summed E-state index contributed by atoms with van der Waals surface area (Å²) in [5.74, 6) is 0.744. The Morgan fingerprint density at radius 3 is 2.55 bits per heavy atom. The average molecular weight is 469 g/mol. The van der Waals surface area contributed by atoms with Crippen LogP contribution >= 0.6 is 12.4 Å². The molecule has 3 saturated heterocycles. The van der Waals surface area contributed by atoms with Crippen molar-refractivity contribution in [2.75, 3.05) is 26.7 Å². The first kappa shape index (κ1) is 23.1. The van der Waals surface area contributed by atoms with Crippen molar-refractivity contribution in [3.05, 3.63) is 59.9 Å². The van der Waals surface area contributed by atoms with Crippen molar-refractivity contribution in [1.82, 2.24) is 20.9 Å². The number of para-hydroxylation sites is 1. The molecule has 1 aromatic heterocycles. The van der Waals surface area contributed by atoms with E-state index in [-0.39, 0.29) is 30.4 Å².